The Morgan fingerprint density at radius 1 is 1.36 bits per heavy atom. The zero-order chi connectivity index (χ0) is 9.54. The number of ketones is 1. The number of nitrogens with one attached hydrogen (secondary N) is 1. The molecule has 1 saturated heterocycles. The maximum atomic E-state index is 12.0. The maximum Gasteiger partial charge on any atom is 0.175 e. The van der Waals surface area contributed by atoms with Crippen molar-refractivity contribution in [3.8, 4) is 0 Å². The lowest BCUT2D eigenvalue weighted by Gasteiger charge is -2.16. The summed E-state index contributed by atoms with van der Waals surface area (Å²) in [7, 11) is 0. The highest BCUT2D eigenvalue weighted by Gasteiger charge is 2.34. The van der Waals surface area contributed by atoms with Gasteiger partial charge in [-0.3, -0.25) is 4.79 Å². The number of para-hydroxylation sites is 1. The number of fused-ring (bicyclic) bond motifs is 2. The number of nitrogens with zero attached hydrogens (tertiary/aromatic N) is 1. The molecule has 0 radical (unpaired) electrons. The van der Waals surface area contributed by atoms with Crippen LogP contribution in [-0.4, -0.2) is 18.2 Å². The average Bonchev–Trinajstić information content (AvgIpc) is 2.66. The summed E-state index contributed by atoms with van der Waals surface area (Å²) in [5.74, 6) is 1.06. The normalized spacial score (nSPS) is 23.6. The molecule has 1 N–H and O–H groups in total. The lowest BCUT2D eigenvalue weighted by molar-refractivity contribution is 0.0954. The summed E-state index contributed by atoms with van der Waals surface area (Å²) in [4.78, 5) is 16.4. The van der Waals surface area contributed by atoms with E-state index in [0.29, 0.717) is 0 Å². The summed E-state index contributed by atoms with van der Waals surface area (Å²) in [6.07, 6.45) is 0.881. The van der Waals surface area contributed by atoms with Gasteiger partial charge in [-0.15, -0.1) is 0 Å². The SMILES string of the molecule is O=C1c2ccccc2N=C2NCCC12. The molecule has 2 aliphatic heterocycles. The van der Waals surface area contributed by atoms with E-state index in [2.05, 4.69) is 10.3 Å². The fraction of sp³-hybridized carbons (Fsp3) is 0.273. The van der Waals surface area contributed by atoms with Crippen LogP contribution in [0.3, 0.4) is 0 Å². The molecule has 14 heavy (non-hydrogen) atoms. The third-order valence-corrected chi connectivity index (χ3v) is 2.80. The van der Waals surface area contributed by atoms with E-state index in [-0.39, 0.29) is 11.7 Å². The zero-order valence-corrected chi connectivity index (χ0v) is 7.66. The second-order valence-corrected chi connectivity index (χ2v) is 3.65. The van der Waals surface area contributed by atoms with E-state index in [1.807, 2.05) is 24.3 Å². The molecule has 1 aromatic rings. The number of aliphatic imine (C=N–C) groups is 1. The fourth-order valence-electron chi connectivity index (χ4n) is 2.07. The second kappa shape index (κ2) is 2.67. The highest BCUT2D eigenvalue weighted by molar-refractivity contribution is 6.18. The molecule has 0 bridgehead atoms. The molecule has 3 nitrogen and oxygen atoms in total. The molecule has 1 aromatic carbocycles. The highest BCUT2D eigenvalue weighted by atomic mass is 16.1. The molecule has 2 aliphatic rings. The lowest BCUT2D eigenvalue weighted by Crippen LogP contribution is -2.28. The van der Waals surface area contributed by atoms with Crippen LogP contribution in [0, 0.1) is 5.92 Å². The van der Waals surface area contributed by atoms with Crippen molar-refractivity contribution in [1.82, 2.24) is 5.32 Å². The van der Waals surface area contributed by atoms with E-state index in [1.165, 1.54) is 0 Å². The summed E-state index contributed by atoms with van der Waals surface area (Å²) >= 11 is 0. The summed E-state index contributed by atoms with van der Waals surface area (Å²) in [6.45, 7) is 0.864. The number of carbonyl (C=O) groups excluding carboxylic acids is 1. The Bertz CT molecular complexity index is 437. The number of rotatable bonds is 0. The molecule has 3 heteroatoms. The van der Waals surface area contributed by atoms with Crippen LogP contribution in [0.5, 0.6) is 0 Å². The van der Waals surface area contributed by atoms with Crippen LogP contribution in [0.2, 0.25) is 0 Å². The van der Waals surface area contributed by atoms with Gasteiger partial charge in [0, 0.05) is 12.1 Å². The smallest absolute Gasteiger partial charge is 0.175 e. The monoisotopic (exact) mass is 186 g/mol. The van der Waals surface area contributed by atoms with E-state index in [4.69, 9.17) is 0 Å². The molecular weight excluding hydrogens is 176 g/mol. The second-order valence-electron chi connectivity index (χ2n) is 3.65. The quantitative estimate of drug-likeness (QED) is 0.667. The molecule has 70 valence electrons. The van der Waals surface area contributed by atoms with Crippen molar-refractivity contribution < 1.29 is 4.79 Å². The molecule has 2 heterocycles. The minimum absolute atomic E-state index is 0.00935. The van der Waals surface area contributed by atoms with Gasteiger partial charge >= 0.3 is 0 Å². The topological polar surface area (TPSA) is 41.5 Å². The third kappa shape index (κ3) is 0.923. The Balaban J connectivity index is 2.20. The molecule has 0 aliphatic carbocycles. The Morgan fingerprint density at radius 3 is 3.14 bits per heavy atom. The van der Waals surface area contributed by atoms with Gasteiger partial charge in [-0.2, -0.15) is 0 Å². The highest BCUT2D eigenvalue weighted by Crippen LogP contribution is 2.30. The number of Topliss-reactive ketones (excluding diaryl/α,β-unsaturated/α-hetero) is 1. The average molecular weight is 186 g/mol. The van der Waals surface area contributed by atoms with E-state index in [0.717, 1.165) is 30.1 Å². The predicted octanol–water partition coefficient (Wildman–Crippen LogP) is 1.52. The Kier molecular flexibility index (Phi) is 1.48. The Hall–Kier alpha value is -1.64. The number of benzene rings is 1. The maximum absolute atomic E-state index is 12.0. The summed E-state index contributed by atoms with van der Waals surface area (Å²) in [6, 6.07) is 7.54. The number of amidine groups is 1. The van der Waals surface area contributed by atoms with Crippen molar-refractivity contribution in [1.29, 1.82) is 0 Å². The Morgan fingerprint density at radius 2 is 2.21 bits per heavy atom. The standard InChI is InChI=1S/C11H10N2O/c14-10-7-3-1-2-4-9(7)13-11-8(10)5-6-12-11/h1-4,8H,5-6H2,(H,12,13). The Labute approximate surface area is 81.9 Å². The van der Waals surface area contributed by atoms with Crippen LogP contribution in [0.4, 0.5) is 5.69 Å². The van der Waals surface area contributed by atoms with Gasteiger partial charge in [-0.25, -0.2) is 4.99 Å². The third-order valence-electron chi connectivity index (χ3n) is 2.80. The van der Waals surface area contributed by atoms with Crippen molar-refractivity contribution in [2.45, 2.75) is 6.42 Å². The minimum Gasteiger partial charge on any atom is -0.373 e. The van der Waals surface area contributed by atoms with Crippen molar-refractivity contribution in [2.75, 3.05) is 6.54 Å². The zero-order valence-electron chi connectivity index (χ0n) is 7.66. The molecule has 1 fully saturated rings. The van der Waals surface area contributed by atoms with Gasteiger partial charge in [0.1, 0.15) is 5.84 Å². The van der Waals surface area contributed by atoms with E-state index in [9.17, 15) is 4.79 Å². The van der Waals surface area contributed by atoms with Crippen molar-refractivity contribution in [2.24, 2.45) is 10.9 Å². The molecule has 0 spiro atoms. The van der Waals surface area contributed by atoms with E-state index >= 15 is 0 Å². The minimum atomic E-state index is -0.00935. The molecule has 0 amide bonds. The predicted molar refractivity (Wildman–Crippen MR) is 54.0 cm³/mol. The summed E-state index contributed by atoms with van der Waals surface area (Å²) in [5, 5.41) is 3.16. The fourth-order valence-corrected chi connectivity index (χ4v) is 2.07. The van der Waals surface area contributed by atoms with Crippen molar-refractivity contribution >= 4 is 17.3 Å². The van der Waals surface area contributed by atoms with Crippen molar-refractivity contribution in [3.05, 3.63) is 29.8 Å². The molecule has 0 saturated carbocycles. The first kappa shape index (κ1) is 7.74. The first-order valence-corrected chi connectivity index (χ1v) is 4.82. The lowest BCUT2D eigenvalue weighted by atomic mass is 9.92. The number of hydrogen-bond donors (Lipinski definition) is 1. The van der Waals surface area contributed by atoms with E-state index in [1.54, 1.807) is 0 Å². The van der Waals surface area contributed by atoms with Gasteiger partial charge in [0.2, 0.25) is 0 Å². The molecule has 3 rings (SSSR count). The van der Waals surface area contributed by atoms with Crippen LogP contribution < -0.4 is 5.32 Å². The van der Waals surface area contributed by atoms with Crippen LogP contribution in [0.15, 0.2) is 29.3 Å². The van der Waals surface area contributed by atoms with Gasteiger partial charge in [-0.05, 0) is 18.6 Å². The van der Waals surface area contributed by atoms with Gasteiger partial charge in [-0.1, -0.05) is 12.1 Å². The van der Waals surface area contributed by atoms with Gasteiger partial charge in [0.05, 0.1) is 11.6 Å². The van der Waals surface area contributed by atoms with Crippen LogP contribution in [-0.2, 0) is 0 Å². The van der Waals surface area contributed by atoms with Crippen LogP contribution in [0.1, 0.15) is 16.8 Å². The summed E-state index contributed by atoms with van der Waals surface area (Å²) in [5.41, 5.74) is 1.57. The first-order valence-electron chi connectivity index (χ1n) is 4.82. The van der Waals surface area contributed by atoms with Crippen molar-refractivity contribution in [3.63, 3.8) is 0 Å². The molecular formula is C11H10N2O. The van der Waals surface area contributed by atoms with Gasteiger partial charge < -0.3 is 5.32 Å². The molecule has 1 unspecified atom stereocenters. The summed E-state index contributed by atoms with van der Waals surface area (Å²) < 4.78 is 0. The largest absolute Gasteiger partial charge is 0.373 e. The number of carbonyl (C=O) groups is 1. The number of hydrogen-bond acceptors (Lipinski definition) is 3. The molecule has 1 atom stereocenters. The first-order chi connectivity index (χ1) is 6.86. The van der Waals surface area contributed by atoms with Crippen LogP contribution >= 0.6 is 0 Å². The molecule has 0 aromatic heterocycles. The van der Waals surface area contributed by atoms with Gasteiger partial charge in [0.15, 0.2) is 5.78 Å². The van der Waals surface area contributed by atoms with E-state index < -0.39 is 0 Å². The van der Waals surface area contributed by atoms with Crippen LogP contribution in [0.25, 0.3) is 0 Å². The van der Waals surface area contributed by atoms with Gasteiger partial charge in [0.25, 0.3) is 0 Å².